The summed E-state index contributed by atoms with van der Waals surface area (Å²) < 4.78 is 8.22. The number of anilines is 1. The molecule has 0 aliphatic rings. The number of rotatable bonds is 7. The number of aromatic amines is 1. The molecular formula is C21H25Br2N5O4. The fraction of sp³-hybridized carbons (Fsp3) is 0.333. The predicted molar refractivity (Wildman–Crippen MR) is 131 cm³/mol. The van der Waals surface area contributed by atoms with Crippen molar-refractivity contribution in [2.75, 3.05) is 12.8 Å². The summed E-state index contributed by atoms with van der Waals surface area (Å²) in [4.78, 5) is 38.1. The predicted octanol–water partition coefficient (Wildman–Crippen LogP) is 3.42. The Kier molecular flexibility index (Phi) is 8.62. The molecule has 1 amide bonds. The average Bonchev–Trinajstić information content (AvgIpc) is 2.73. The average molecular weight is 571 g/mol. The molecule has 1 aromatic heterocycles. The van der Waals surface area contributed by atoms with Gasteiger partial charge in [0.15, 0.2) is 5.75 Å². The third-order valence-corrected chi connectivity index (χ3v) is 5.82. The lowest BCUT2D eigenvalue weighted by Gasteiger charge is -2.17. The number of nitrogens with zero attached hydrogens (tertiary/aromatic N) is 2. The maximum Gasteiger partial charge on any atom is 0.349 e. The molecule has 0 aliphatic heterocycles. The van der Waals surface area contributed by atoms with Crippen LogP contribution in [0.2, 0.25) is 0 Å². The molecule has 32 heavy (non-hydrogen) atoms. The molecule has 0 radical (unpaired) electrons. The van der Waals surface area contributed by atoms with E-state index in [0.717, 1.165) is 10.3 Å². The topological polar surface area (TPSA) is 132 Å². The fourth-order valence-electron chi connectivity index (χ4n) is 2.66. The summed E-state index contributed by atoms with van der Waals surface area (Å²) in [6.07, 6.45) is 2.46. The Balaban J connectivity index is 2.58. The number of nitrogens with one attached hydrogen (secondary N) is 2. The molecule has 0 saturated carbocycles. The van der Waals surface area contributed by atoms with Gasteiger partial charge in [0.25, 0.3) is 5.56 Å². The first-order valence-electron chi connectivity index (χ1n) is 9.79. The first-order valence-corrected chi connectivity index (χ1v) is 11.4. The Morgan fingerprint density at radius 3 is 2.41 bits per heavy atom. The first-order chi connectivity index (χ1) is 15.0. The summed E-state index contributed by atoms with van der Waals surface area (Å²) >= 11 is 6.93. The minimum absolute atomic E-state index is 0.0175. The second-order valence-electron chi connectivity index (χ2n) is 7.23. The lowest BCUT2D eigenvalue weighted by molar-refractivity contribution is -0.117. The van der Waals surface area contributed by atoms with Gasteiger partial charge < -0.3 is 15.8 Å². The zero-order chi connectivity index (χ0) is 24.2. The van der Waals surface area contributed by atoms with E-state index in [4.69, 9.17) is 10.5 Å². The number of ether oxygens (including phenoxy) is 1. The van der Waals surface area contributed by atoms with Crippen molar-refractivity contribution in [1.82, 2.24) is 20.1 Å². The number of allylic oxidation sites excluding steroid dienone is 2. The third kappa shape index (κ3) is 5.77. The number of amides is 1. The van der Waals surface area contributed by atoms with Gasteiger partial charge in [-0.2, -0.15) is 4.68 Å². The monoisotopic (exact) mass is 569 g/mol. The van der Waals surface area contributed by atoms with Crippen LogP contribution < -0.4 is 27.0 Å². The van der Waals surface area contributed by atoms with Gasteiger partial charge in [-0.3, -0.25) is 14.6 Å². The van der Waals surface area contributed by atoms with E-state index in [9.17, 15) is 14.4 Å². The second kappa shape index (κ2) is 10.8. The van der Waals surface area contributed by atoms with Crippen LogP contribution in [0.3, 0.4) is 0 Å². The molecular weight excluding hydrogens is 546 g/mol. The summed E-state index contributed by atoms with van der Waals surface area (Å²) in [6.45, 7) is 7.78. The SMILES string of the molecule is CC/C(C)=C(/C=C(\C(=O)NC)C(C)C)Oc1c(Br)cc(-n2nc(N)c(=O)[nH]c2=O)cc1Br. The number of hydrogen-bond donors (Lipinski definition) is 3. The van der Waals surface area contributed by atoms with Crippen molar-refractivity contribution >= 4 is 43.6 Å². The van der Waals surface area contributed by atoms with Crippen LogP contribution in [0, 0.1) is 5.92 Å². The number of nitrogen functional groups attached to an aromatic ring is 1. The van der Waals surface area contributed by atoms with E-state index in [1.54, 1.807) is 25.3 Å². The Morgan fingerprint density at radius 2 is 1.91 bits per heavy atom. The van der Waals surface area contributed by atoms with Crippen LogP contribution in [-0.2, 0) is 4.79 Å². The van der Waals surface area contributed by atoms with Gasteiger partial charge in [-0.1, -0.05) is 20.8 Å². The summed E-state index contributed by atoms with van der Waals surface area (Å²) in [5, 5.41) is 6.49. The maximum atomic E-state index is 12.3. The molecule has 0 fully saturated rings. The highest BCUT2D eigenvalue weighted by atomic mass is 79.9. The van der Waals surface area contributed by atoms with Crippen LogP contribution in [0.1, 0.15) is 34.1 Å². The van der Waals surface area contributed by atoms with Crippen LogP contribution in [0.4, 0.5) is 5.82 Å². The van der Waals surface area contributed by atoms with Crippen LogP contribution in [-0.4, -0.2) is 27.7 Å². The van der Waals surface area contributed by atoms with E-state index in [-0.39, 0.29) is 17.6 Å². The van der Waals surface area contributed by atoms with Crippen molar-refractivity contribution in [2.24, 2.45) is 5.92 Å². The van der Waals surface area contributed by atoms with Crippen molar-refractivity contribution in [3.63, 3.8) is 0 Å². The molecule has 0 spiro atoms. The van der Waals surface area contributed by atoms with Crippen molar-refractivity contribution in [1.29, 1.82) is 0 Å². The van der Waals surface area contributed by atoms with Gasteiger partial charge in [0.2, 0.25) is 11.7 Å². The molecule has 1 heterocycles. The molecule has 0 bridgehead atoms. The number of likely N-dealkylation sites (N-methyl/N-ethyl adjacent to an activating group) is 1. The molecule has 0 saturated heterocycles. The van der Waals surface area contributed by atoms with Gasteiger partial charge in [0, 0.05) is 12.6 Å². The van der Waals surface area contributed by atoms with Crippen LogP contribution in [0.5, 0.6) is 5.75 Å². The molecule has 4 N–H and O–H groups in total. The van der Waals surface area contributed by atoms with E-state index in [0.29, 0.717) is 38.1 Å². The van der Waals surface area contributed by atoms with Gasteiger partial charge in [-0.05, 0) is 74.9 Å². The van der Waals surface area contributed by atoms with E-state index in [1.165, 1.54) is 0 Å². The molecule has 0 unspecified atom stereocenters. The van der Waals surface area contributed by atoms with Crippen LogP contribution >= 0.6 is 31.9 Å². The van der Waals surface area contributed by atoms with Gasteiger partial charge in [0.05, 0.1) is 14.6 Å². The molecule has 9 nitrogen and oxygen atoms in total. The van der Waals surface area contributed by atoms with E-state index < -0.39 is 11.2 Å². The summed E-state index contributed by atoms with van der Waals surface area (Å²) in [5.74, 6) is 0.452. The molecule has 2 aromatic rings. The number of carbonyl (C=O) groups is 1. The smallest absolute Gasteiger partial charge is 0.349 e. The quantitative estimate of drug-likeness (QED) is 0.265. The van der Waals surface area contributed by atoms with Crippen LogP contribution in [0.25, 0.3) is 5.69 Å². The minimum atomic E-state index is -0.752. The van der Waals surface area contributed by atoms with Crippen molar-refractivity contribution in [2.45, 2.75) is 34.1 Å². The number of hydrogen-bond acceptors (Lipinski definition) is 6. The lowest BCUT2D eigenvalue weighted by atomic mass is 10.0. The summed E-state index contributed by atoms with van der Waals surface area (Å²) in [5.41, 5.74) is 5.95. The number of nitrogens with two attached hydrogens (primary N) is 1. The second-order valence-corrected chi connectivity index (χ2v) is 8.94. The Hall–Kier alpha value is -2.66. The number of H-pyrrole nitrogens is 1. The summed E-state index contributed by atoms with van der Waals surface area (Å²) in [6, 6.07) is 3.22. The summed E-state index contributed by atoms with van der Waals surface area (Å²) in [7, 11) is 1.58. The Bertz CT molecular complexity index is 1190. The van der Waals surface area contributed by atoms with E-state index >= 15 is 0 Å². The number of carbonyl (C=O) groups excluding carboxylic acids is 1. The van der Waals surface area contributed by atoms with E-state index in [1.807, 2.05) is 27.7 Å². The van der Waals surface area contributed by atoms with Crippen molar-refractivity contribution in [3.8, 4) is 11.4 Å². The Morgan fingerprint density at radius 1 is 1.31 bits per heavy atom. The van der Waals surface area contributed by atoms with E-state index in [2.05, 4.69) is 47.3 Å². The molecule has 2 rings (SSSR count). The molecule has 0 aliphatic carbocycles. The number of aromatic nitrogens is 3. The van der Waals surface area contributed by atoms with Crippen molar-refractivity contribution < 1.29 is 9.53 Å². The Labute approximate surface area is 202 Å². The maximum absolute atomic E-state index is 12.3. The normalized spacial score (nSPS) is 12.6. The largest absolute Gasteiger partial charge is 0.455 e. The zero-order valence-corrected chi connectivity index (χ0v) is 21.5. The highest BCUT2D eigenvalue weighted by Gasteiger charge is 2.18. The molecule has 172 valence electrons. The number of halogens is 2. The zero-order valence-electron chi connectivity index (χ0n) is 18.4. The van der Waals surface area contributed by atoms with Gasteiger partial charge in [0.1, 0.15) is 5.76 Å². The molecule has 0 atom stereocenters. The molecule has 11 heteroatoms. The fourth-order valence-corrected chi connectivity index (χ4v) is 3.98. The molecule has 1 aromatic carbocycles. The van der Waals surface area contributed by atoms with Gasteiger partial charge in [-0.15, -0.1) is 5.10 Å². The van der Waals surface area contributed by atoms with Crippen LogP contribution in [0.15, 0.2) is 53.6 Å². The minimum Gasteiger partial charge on any atom is -0.455 e. The third-order valence-electron chi connectivity index (χ3n) is 4.64. The number of benzene rings is 1. The first kappa shape index (κ1) is 25.6. The van der Waals surface area contributed by atoms with Crippen molar-refractivity contribution in [3.05, 3.63) is 64.9 Å². The van der Waals surface area contributed by atoms with Gasteiger partial charge in [-0.25, -0.2) is 4.79 Å². The standard InChI is InChI=1S/C21H25Br2N5O4/c1-6-11(4)16(9-13(10(2)3)19(29)25-5)32-17-14(22)7-12(8-15(17)23)28-21(31)26-20(30)18(24)27-28/h7-10H,6H2,1-5H3,(H2,24,27)(H,25,29)(H,26,30,31)/b13-9-,16-11-. The highest BCUT2D eigenvalue weighted by Crippen LogP contribution is 2.37. The van der Waals surface area contributed by atoms with Gasteiger partial charge >= 0.3 is 5.69 Å². The highest BCUT2D eigenvalue weighted by molar-refractivity contribution is 9.11. The lowest BCUT2D eigenvalue weighted by Crippen LogP contribution is -2.33.